The van der Waals surface area contributed by atoms with E-state index in [9.17, 15) is 9.59 Å². The average molecular weight is 397 g/mol. The average Bonchev–Trinajstić information content (AvgIpc) is 2.69. The van der Waals surface area contributed by atoms with E-state index in [1.165, 1.54) is 11.1 Å². The molecule has 1 atom stereocenters. The van der Waals surface area contributed by atoms with Crippen molar-refractivity contribution in [2.75, 3.05) is 25.6 Å². The first-order valence-corrected chi connectivity index (χ1v) is 9.61. The third-order valence-electron chi connectivity index (χ3n) is 5.00. The predicted octanol–water partition coefficient (Wildman–Crippen LogP) is 3.24. The number of imide groups is 1. The summed E-state index contributed by atoms with van der Waals surface area (Å²) in [5.74, 6) is 0.842. The molecule has 7 heteroatoms. The molecule has 0 spiro atoms. The summed E-state index contributed by atoms with van der Waals surface area (Å²) < 4.78 is 11.0. The van der Waals surface area contributed by atoms with Crippen molar-refractivity contribution in [2.45, 2.75) is 33.4 Å². The third kappa shape index (κ3) is 5.26. The van der Waals surface area contributed by atoms with Crippen molar-refractivity contribution in [2.24, 2.45) is 0 Å². The molecule has 0 aromatic heterocycles. The van der Waals surface area contributed by atoms with Crippen LogP contribution < -0.4 is 20.1 Å². The van der Waals surface area contributed by atoms with Gasteiger partial charge in [-0.25, -0.2) is 4.79 Å². The monoisotopic (exact) mass is 397 g/mol. The highest BCUT2D eigenvalue weighted by Gasteiger charge is 2.21. The molecule has 154 valence electrons. The van der Waals surface area contributed by atoms with Gasteiger partial charge in [-0.2, -0.15) is 0 Å². The molecular formula is C22H27N3O4. The highest BCUT2D eigenvalue weighted by molar-refractivity contribution is 6.02. The van der Waals surface area contributed by atoms with Gasteiger partial charge < -0.3 is 14.8 Å². The summed E-state index contributed by atoms with van der Waals surface area (Å²) in [6, 6.07) is 10.3. The maximum atomic E-state index is 12.5. The second-order valence-corrected chi connectivity index (χ2v) is 7.32. The number of rotatable bonds is 5. The van der Waals surface area contributed by atoms with Gasteiger partial charge in [-0.05, 0) is 51.1 Å². The molecule has 1 aliphatic heterocycles. The zero-order valence-corrected chi connectivity index (χ0v) is 17.2. The molecule has 2 aromatic rings. The number of anilines is 1. The van der Waals surface area contributed by atoms with E-state index in [1.54, 1.807) is 25.1 Å². The van der Waals surface area contributed by atoms with Crippen LogP contribution in [0.2, 0.25) is 0 Å². The van der Waals surface area contributed by atoms with E-state index in [-0.39, 0.29) is 5.91 Å². The Labute approximate surface area is 171 Å². The van der Waals surface area contributed by atoms with Crippen molar-refractivity contribution in [1.82, 2.24) is 10.2 Å². The van der Waals surface area contributed by atoms with Crippen LogP contribution in [0.3, 0.4) is 0 Å². The maximum Gasteiger partial charge on any atom is 0.325 e. The fourth-order valence-corrected chi connectivity index (χ4v) is 3.13. The van der Waals surface area contributed by atoms with E-state index < -0.39 is 12.1 Å². The first-order valence-electron chi connectivity index (χ1n) is 9.61. The van der Waals surface area contributed by atoms with E-state index in [0.717, 1.165) is 5.56 Å². The number of nitrogens with zero attached hydrogens (tertiary/aromatic N) is 1. The van der Waals surface area contributed by atoms with Crippen LogP contribution in [-0.2, 0) is 11.3 Å². The highest BCUT2D eigenvalue weighted by Crippen LogP contribution is 2.32. The number of fused-ring (bicyclic) bond motifs is 1. The van der Waals surface area contributed by atoms with Gasteiger partial charge >= 0.3 is 6.03 Å². The second-order valence-electron chi connectivity index (χ2n) is 7.32. The molecule has 0 saturated carbocycles. The Morgan fingerprint density at radius 3 is 2.52 bits per heavy atom. The van der Waals surface area contributed by atoms with Crippen molar-refractivity contribution < 1.29 is 19.1 Å². The number of aryl methyl sites for hydroxylation is 2. The zero-order valence-electron chi connectivity index (χ0n) is 17.2. The molecule has 1 aliphatic rings. The molecule has 2 N–H and O–H groups in total. The minimum atomic E-state index is -0.585. The minimum absolute atomic E-state index is 0.368. The lowest BCUT2D eigenvalue weighted by Gasteiger charge is -2.24. The minimum Gasteiger partial charge on any atom is -0.486 e. The Morgan fingerprint density at radius 2 is 1.79 bits per heavy atom. The third-order valence-corrected chi connectivity index (χ3v) is 5.00. The lowest BCUT2D eigenvalue weighted by molar-refractivity contribution is -0.124. The molecule has 3 rings (SSSR count). The number of carbonyl (C=O) groups is 2. The molecule has 29 heavy (non-hydrogen) atoms. The lowest BCUT2D eigenvalue weighted by atomic mass is 10.0. The number of urea groups is 1. The first kappa shape index (κ1) is 20.7. The fraction of sp³-hybridized carbons (Fsp3) is 0.364. The molecule has 2 aromatic carbocycles. The van der Waals surface area contributed by atoms with Crippen molar-refractivity contribution >= 4 is 17.6 Å². The normalized spacial score (nSPS) is 13.7. The van der Waals surface area contributed by atoms with Crippen LogP contribution in [0.15, 0.2) is 36.4 Å². The van der Waals surface area contributed by atoms with Crippen molar-refractivity contribution in [3.05, 3.63) is 53.1 Å². The van der Waals surface area contributed by atoms with Crippen LogP contribution in [0.5, 0.6) is 11.5 Å². The summed E-state index contributed by atoms with van der Waals surface area (Å²) in [4.78, 5) is 26.6. The van der Waals surface area contributed by atoms with Gasteiger partial charge in [0.2, 0.25) is 5.91 Å². The summed E-state index contributed by atoms with van der Waals surface area (Å²) >= 11 is 0. The van der Waals surface area contributed by atoms with E-state index in [4.69, 9.17) is 9.47 Å². The Bertz CT molecular complexity index is 913. The number of hydrogen-bond acceptors (Lipinski definition) is 5. The van der Waals surface area contributed by atoms with Crippen molar-refractivity contribution in [1.29, 1.82) is 0 Å². The molecular weight excluding hydrogens is 370 g/mol. The molecule has 7 nitrogen and oxygen atoms in total. The van der Waals surface area contributed by atoms with Gasteiger partial charge in [0.05, 0.1) is 6.04 Å². The molecule has 3 amide bonds. The van der Waals surface area contributed by atoms with Crippen LogP contribution in [0, 0.1) is 13.8 Å². The topological polar surface area (TPSA) is 79.9 Å². The van der Waals surface area contributed by atoms with Gasteiger partial charge in [0, 0.05) is 18.3 Å². The lowest BCUT2D eigenvalue weighted by Crippen LogP contribution is -2.46. The van der Waals surface area contributed by atoms with E-state index in [0.29, 0.717) is 36.9 Å². The van der Waals surface area contributed by atoms with Crippen molar-refractivity contribution in [3.8, 4) is 11.5 Å². The van der Waals surface area contributed by atoms with Gasteiger partial charge in [0.1, 0.15) is 13.2 Å². The number of hydrogen-bond donors (Lipinski definition) is 2. The van der Waals surface area contributed by atoms with Crippen LogP contribution >= 0.6 is 0 Å². The van der Waals surface area contributed by atoms with Crippen LogP contribution in [0.1, 0.15) is 23.6 Å². The molecule has 0 fully saturated rings. The number of carbonyl (C=O) groups excluding carboxylic acids is 2. The SMILES string of the molecule is Cc1ccc(CN(C)[C@H](C)C(=O)NC(=O)Nc2ccc3c(c2)OCCO3)c(C)c1. The molecule has 0 radical (unpaired) electrons. The quantitative estimate of drug-likeness (QED) is 0.810. The fourth-order valence-electron chi connectivity index (χ4n) is 3.13. The molecule has 1 heterocycles. The summed E-state index contributed by atoms with van der Waals surface area (Å²) in [6.45, 7) is 7.47. The zero-order chi connectivity index (χ0) is 21.0. The number of nitrogens with one attached hydrogen (secondary N) is 2. The van der Waals surface area contributed by atoms with Crippen molar-refractivity contribution in [3.63, 3.8) is 0 Å². The Balaban J connectivity index is 1.55. The summed E-state index contributed by atoms with van der Waals surface area (Å²) in [7, 11) is 1.86. The molecule has 0 bridgehead atoms. The van der Waals surface area contributed by atoms with E-state index in [1.807, 2.05) is 11.9 Å². The summed E-state index contributed by atoms with van der Waals surface area (Å²) in [6.07, 6.45) is 0. The van der Waals surface area contributed by atoms with Crippen LogP contribution in [0.4, 0.5) is 10.5 Å². The second kappa shape index (κ2) is 8.96. The number of amides is 3. The summed E-state index contributed by atoms with van der Waals surface area (Å²) in [5.41, 5.74) is 4.06. The van der Waals surface area contributed by atoms with Gasteiger partial charge in [0.25, 0.3) is 0 Å². The standard InChI is InChI=1S/C22H27N3O4/c1-14-5-6-17(15(2)11-14)13-25(4)16(3)21(26)24-22(27)23-18-7-8-19-20(12-18)29-10-9-28-19/h5-8,11-12,16H,9-10,13H2,1-4H3,(H2,23,24,26,27)/t16-/m1/s1. The first-order chi connectivity index (χ1) is 13.8. The number of benzene rings is 2. The smallest absolute Gasteiger partial charge is 0.325 e. The van der Waals surface area contributed by atoms with Gasteiger partial charge in [-0.15, -0.1) is 0 Å². The number of likely N-dealkylation sites (N-methyl/N-ethyl adjacent to an activating group) is 1. The van der Waals surface area contributed by atoms with Gasteiger partial charge in [-0.3, -0.25) is 15.0 Å². The Hall–Kier alpha value is -3.06. The van der Waals surface area contributed by atoms with Crippen LogP contribution in [0.25, 0.3) is 0 Å². The van der Waals surface area contributed by atoms with Gasteiger partial charge in [0.15, 0.2) is 11.5 Å². The van der Waals surface area contributed by atoms with E-state index >= 15 is 0 Å². The molecule has 0 aliphatic carbocycles. The van der Waals surface area contributed by atoms with E-state index in [2.05, 4.69) is 42.7 Å². The summed E-state index contributed by atoms with van der Waals surface area (Å²) in [5, 5.41) is 5.05. The molecule has 0 unspecified atom stereocenters. The predicted molar refractivity (Wildman–Crippen MR) is 111 cm³/mol. The maximum absolute atomic E-state index is 12.5. The van der Waals surface area contributed by atoms with Crippen LogP contribution in [-0.4, -0.2) is 43.1 Å². The number of ether oxygens (including phenoxy) is 2. The Morgan fingerprint density at radius 1 is 1.07 bits per heavy atom. The molecule has 0 saturated heterocycles. The Kier molecular flexibility index (Phi) is 6.39. The largest absolute Gasteiger partial charge is 0.486 e. The highest BCUT2D eigenvalue weighted by atomic mass is 16.6. The van der Waals surface area contributed by atoms with Gasteiger partial charge in [-0.1, -0.05) is 23.8 Å².